The third-order valence-electron chi connectivity index (χ3n) is 2.37. The number of methoxy groups -OCH3 is 1. The van der Waals surface area contributed by atoms with Crippen LogP contribution < -0.4 is 9.47 Å². The molecule has 0 bridgehead atoms. The van der Waals surface area contributed by atoms with Gasteiger partial charge < -0.3 is 9.47 Å². The molecule has 18 heavy (non-hydrogen) atoms. The summed E-state index contributed by atoms with van der Waals surface area (Å²) in [5.74, 6) is 1.11. The van der Waals surface area contributed by atoms with Crippen LogP contribution in [0.15, 0.2) is 42.5 Å². The molecule has 1 heterocycles. The van der Waals surface area contributed by atoms with Gasteiger partial charge in [-0.1, -0.05) is 18.2 Å². The lowest BCUT2D eigenvalue weighted by molar-refractivity contribution is 0.297. The van der Waals surface area contributed by atoms with Gasteiger partial charge in [-0.3, -0.25) is 0 Å². The molecule has 0 amide bonds. The lowest BCUT2D eigenvalue weighted by Crippen LogP contribution is -2.00. The minimum atomic E-state index is 0.301. The van der Waals surface area contributed by atoms with Crippen LogP contribution in [0.1, 0.15) is 11.3 Å². The number of benzene rings is 1. The van der Waals surface area contributed by atoms with Crippen LogP contribution in [-0.2, 0) is 6.61 Å². The van der Waals surface area contributed by atoms with Crippen molar-refractivity contribution in [2.75, 3.05) is 7.11 Å². The number of para-hydroxylation sites is 1. The maximum absolute atomic E-state index is 8.93. The summed E-state index contributed by atoms with van der Waals surface area (Å²) >= 11 is 0. The van der Waals surface area contributed by atoms with Gasteiger partial charge in [0.25, 0.3) is 0 Å². The molecule has 0 aliphatic rings. The van der Waals surface area contributed by atoms with Crippen LogP contribution in [0.2, 0.25) is 0 Å². The van der Waals surface area contributed by atoms with E-state index in [0.29, 0.717) is 23.8 Å². The van der Waals surface area contributed by atoms with Gasteiger partial charge in [-0.15, -0.1) is 0 Å². The monoisotopic (exact) mass is 240 g/mol. The number of nitrogens with zero attached hydrogens (tertiary/aromatic N) is 2. The Morgan fingerprint density at radius 1 is 1.17 bits per heavy atom. The van der Waals surface area contributed by atoms with Crippen molar-refractivity contribution in [3.63, 3.8) is 0 Å². The smallest absolute Gasteiger partial charge is 0.213 e. The van der Waals surface area contributed by atoms with E-state index in [9.17, 15) is 0 Å². The van der Waals surface area contributed by atoms with E-state index in [0.717, 1.165) is 5.69 Å². The molecule has 0 radical (unpaired) electrons. The zero-order chi connectivity index (χ0) is 12.8. The quantitative estimate of drug-likeness (QED) is 0.824. The second-order valence-corrected chi connectivity index (χ2v) is 3.57. The first-order chi connectivity index (χ1) is 8.83. The molecule has 1 aromatic carbocycles. The highest BCUT2D eigenvalue weighted by molar-refractivity contribution is 5.42. The standard InChI is InChI=1S/C14H12N2O2/c1-17-14-8-4-6-12(16-14)10-18-13-7-3-2-5-11(13)9-15/h2-8H,10H2,1H3. The summed E-state index contributed by atoms with van der Waals surface area (Å²) in [5.41, 5.74) is 1.27. The molecule has 0 atom stereocenters. The van der Waals surface area contributed by atoms with Crippen LogP contribution in [0.3, 0.4) is 0 Å². The van der Waals surface area contributed by atoms with Crippen LogP contribution in [-0.4, -0.2) is 12.1 Å². The number of rotatable bonds is 4. The number of ether oxygens (including phenoxy) is 2. The van der Waals surface area contributed by atoms with Crippen LogP contribution in [0.4, 0.5) is 0 Å². The van der Waals surface area contributed by atoms with Gasteiger partial charge in [-0.2, -0.15) is 5.26 Å². The highest BCUT2D eigenvalue weighted by Gasteiger charge is 2.03. The lowest BCUT2D eigenvalue weighted by atomic mass is 10.2. The van der Waals surface area contributed by atoms with Crippen molar-refractivity contribution in [2.24, 2.45) is 0 Å². The van der Waals surface area contributed by atoms with Gasteiger partial charge >= 0.3 is 0 Å². The number of aromatic nitrogens is 1. The molecule has 0 unspecified atom stereocenters. The van der Waals surface area contributed by atoms with E-state index in [1.54, 1.807) is 31.4 Å². The fourth-order valence-electron chi connectivity index (χ4n) is 1.49. The lowest BCUT2D eigenvalue weighted by Gasteiger charge is -2.07. The van der Waals surface area contributed by atoms with E-state index in [1.165, 1.54) is 0 Å². The molecule has 1 aromatic heterocycles. The Morgan fingerprint density at radius 3 is 2.78 bits per heavy atom. The minimum Gasteiger partial charge on any atom is -0.486 e. The van der Waals surface area contributed by atoms with Gasteiger partial charge in [-0.05, 0) is 18.2 Å². The topological polar surface area (TPSA) is 55.1 Å². The Labute approximate surface area is 105 Å². The fourth-order valence-corrected chi connectivity index (χ4v) is 1.49. The zero-order valence-corrected chi connectivity index (χ0v) is 9.96. The van der Waals surface area contributed by atoms with Crippen LogP contribution >= 0.6 is 0 Å². The Hall–Kier alpha value is -2.54. The van der Waals surface area contributed by atoms with Crippen LogP contribution in [0.25, 0.3) is 0 Å². The Bertz CT molecular complexity index is 576. The summed E-state index contributed by atoms with van der Waals surface area (Å²) in [6.07, 6.45) is 0. The number of pyridine rings is 1. The van der Waals surface area contributed by atoms with Gasteiger partial charge in [0.1, 0.15) is 18.4 Å². The molecule has 0 saturated carbocycles. The minimum absolute atomic E-state index is 0.301. The molecule has 0 spiro atoms. The van der Waals surface area contributed by atoms with Gasteiger partial charge in [0.2, 0.25) is 5.88 Å². The first-order valence-corrected chi connectivity index (χ1v) is 5.45. The fraction of sp³-hybridized carbons (Fsp3) is 0.143. The van der Waals surface area contributed by atoms with Gasteiger partial charge in [0.05, 0.1) is 18.4 Å². The summed E-state index contributed by atoms with van der Waals surface area (Å²) < 4.78 is 10.6. The van der Waals surface area contributed by atoms with Crippen molar-refractivity contribution in [2.45, 2.75) is 6.61 Å². The summed E-state index contributed by atoms with van der Waals surface area (Å²) in [6, 6.07) is 14.7. The van der Waals surface area contributed by atoms with Gasteiger partial charge in [0, 0.05) is 6.07 Å². The van der Waals surface area contributed by atoms with Crippen molar-refractivity contribution in [1.82, 2.24) is 4.98 Å². The van der Waals surface area contributed by atoms with E-state index in [1.807, 2.05) is 18.2 Å². The molecular formula is C14H12N2O2. The van der Waals surface area contributed by atoms with Gasteiger partial charge in [-0.25, -0.2) is 4.98 Å². The first kappa shape index (κ1) is 11.9. The van der Waals surface area contributed by atoms with E-state index in [4.69, 9.17) is 14.7 Å². The Kier molecular flexibility index (Phi) is 3.77. The average Bonchev–Trinajstić information content (AvgIpc) is 2.45. The summed E-state index contributed by atoms with van der Waals surface area (Å²) in [6.45, 7) is 0.301. The summed E-state index contributed by atoms with van der Waals surface area (Å²) in [5, 5.41) is 8.93. The zero-order valence-electron chi connectivity index (χ0n) is 9.96. The maximum atomic E-state index is 8.93. The third-order valence-corrected chi connectivity index (χ3v) is 2.37. The summed E-state index contributed by atoms with van der Waals surface area (Å²) in [7, 11) is 1.57. The average molecular weight is 240 g/mol. The highest BCUT2D eigenvalue weighted by Crippen LogP contribution is 2.18. The predicted molar refractivity (Wildman–Crippen MR) is 66.3 cm³/mol. The predicted octanol–water partition coefficient (Wildman–Crippen LogP) is 2.54. The second-order valence-electron chi connectivity index (χ2n) is 3.57. The molecule has 0 saturated heterocycles. The Balaban J connectivity index is 2.09. The van der Waals surface area contributed by atoms with E-state index >= 15 is 0 Å². The molecule has 0 N–H and O–H groups in total. The Morgan fingerprint density at radius 2 is 2.00 bits per heavy atom. The van der Waals surface area contributed by atoms with Crippen molar-refractivity contribution >= 4 is 0 Å². The van der Waals surface area contributed by atoms with Crippen molar-refractivity contribution in [3.05, 3.63) is 53.7 Å². The molecule has 4 nitrogen and oxygen atoms in total. The SMILES string of the molecule is COc1cccc(COc2ccccc2C#N)n1. The first-order valence-electron chi connectivity index (χ1n) is 5.45. The molecular weight excluding hydrogens is 228 g/mol. The second kappa shape index (κ2) is 5.69. The maximum Gasteiger partial charge on any atom is 0.213 e. The van der Waals surface area contributed by atoms with Crippen molar-refractivity contribution in [1.29, 1.82) is 5.26 Å². The van der Waals surface area contributed by atoms with Crippen molar-refractivity contribution < 1.29 is 9.47 Å². The molecule has 90 valence electrons. The summed E-state index contributed by atoms with van der Waals surface area (Å²) in [4.78, 5) is 4.23. The highest BCUT2D eigenvalue weighted by atomic mass is 16.5. The third kappa shape index (κ3) is 2.77. The van der Waals surface area contributed by atoms with Crippen LogP contribution in [0, 0.1) is 11.3 Å². The molecule has 2 rings (SSSR count). The van der Waals surface area contributed by atoms with E-state index in [-0.39, 0.29) is 0 Å². The molecule has 2 aromatic rings. The van der Waals surface area contributed by atoms with Crippen LogP contribution in [0.5, 0.6) is 11.6 Å². The molecule has 0 fully saturated rings. The van der Waals surface area contributed by atoms with E-state index in [2.05, 4.69) is 11.1 Å². The number of hydrogen-bond acceptors (Lipinski definition) is 4. The number of nitriles is 1. The number of hydrogen-bond donors (Lipinski definition) is 0. The normalized spacial score (nSPS) is 9.56. The van der Waals surface area contributed by atoms with Crippen molar-refractivity contribution in [3.8, 4) is 17.7 Å². The van der Waals surface area contributed by atoms with Gasteiger partial charge in [0.15, 0.2) is 0 Å². The molecule has 0 aliphatic carbocycles. The molecule has 4 heteroatoms. The largest absolute Gasteiger partial charge is 0.486 e. The molecule has 0 aliphatic heterocycles. The van der Waals surface area contributed by atoms with E-state index < -0.39 is 0 Å².